The first-order valence-corrected chi connectivity index (χ1v) is 8.19. The van der Waals surface area contributed by atoms with E-state index in [4.69, 9.17) is 9.47 Å². The van der Waals surface area contributed by atoms with Gasteiger partial charge in [-0.25, -0.2) is 4.68 Å². The lowest BCUT2D eigenvalue weighted by molar-refractivity contribution is 0.102. The van der Waals surface area contributed by atoms with Gasteiger partial charge in [-0.05, 0) is 44.2 Å². The Hall–Kier alpha value is -3.28. The number of aromatic nitrogens is 2. The number of amides is 1. The molecule has 2 aromatic carbocycles. The Morgan fingerprint density at radius 1 is 1.00 bits per heavy atom. The van der Waals surface area contributed by atoms with E-state index in [1.807, 2.05) is 38.1 Å². The molecule has 0 fully saturated rings. The summed E-state index contributed by atoms with van der Waals surface area (Å²) in [7, 11) is 3.12. The minimum atomic E-state index is -0.314. The number of aryl methyl sites for hydroxylation is 2. The third-order valence-electron chi connectivity index (χ3n) is 4.05. The van der Waals surface area contributed by atoms with Gasteiger partial charge in [0.2, 0.25) is 0 Å². The smallest absolute Gasteiger partial charge is 0.276 e. The molecule has 0 aliphatic carbocycles. The molecule has 1 heterocycles. The molecule has 6 nitrogen and oxygen atoms in total. The van der Waals surface area contributed by atoms with Crippen molar-refractivity contribution in [3.63, 3.8) is 0 Å². The maximum absolute atomic E-state index is 12.6. The third kappa shape index (κ3) is 3.54. The van der Waals surface area contributed by atoms with Gasteiger partial charge in [0.25, 0.3) is 5.91 Å². The van der Waals surface area contributed by atoms with Gasteiger partial charge < -0.3 is 14.8 Å². The minimum Gasteiger partial charge on any atom is -0.497 e. The number of nitrogens with one attached hydrogen (secondary N) is 1. The quantitative estimate of drug-likeness (QED) is 0.760. The molecule has 0 atom stereocenters. The van der Waals surface area contributed by atoms with Gasteiger partial charge in [0.1, 0.15) is 11.5 Å². The second-order valence-corrected chi connectivity index (χ2v) is 5.94. The molecule has 0 radical (unpaired) electrons. The van der Waals surface area contributed by atoms with E-state index < -0.39 is 0 Å². The molecule has 0 saturated carbocycles. The zero-order valence-electron chi connectivity index (χ0n) is 15.2. The summed E-state index contributed by atoms with van der Waals surface area (Å²) >= 11 is 0. The van der Waals surface area contributed by atoms with Gasteiger partial charge in [-0.2, -0.15) is 5.10 Å². The molecule has 0 spiro atoms. The van der Waals surface area contributed by atoms with Crippen LogP contribution in [0.5, 0.6) is 11.5 Å². The molecule has 3 aromatic rings. The van der Waals surface area contributed by atoms with Crippen molar-refractivity contribution in [2.75, 3.05) is 19.5 Å². The van der Waals surface area contributed by atoms with Crippen LogP contribution in [0.2, 0.25) is 0 Å². The van der Waals surface area contributed by atoms with Gasteiger partial charge in [-0.15, -0.1) is 0 Å². The predicted molar refractivity (Wildman–Crippen MR) is 101 cm³/mol. The average molecular weight is 351 g/mol. The molecule has 1 amide bonds. The fourth-order valence-corrected chi connectivity index (χ4v) is 2.63. The number of hydrogen-bond donors (Lipinski definition) is 1. The lowest BCUT2D eigenvalue weighted by Gasteiger charge is -2.11. The highest BCUT2D eigenvalue weighted by Crippen LogP contribution is 2.29. The first kappa shape index (κ1) is 17.5. The molecule has 134 valence electrons. The highest BCUT2D eigenvalue weighted by molar-refractivity contribution is 6.03. The average Bonchev–Trinajstić information content (AvgIpc) is 3.04. The summed E-state index contributed by atoms with van der Waals surface area (Å²) < 4.78 is 12.2. The van der Waals surface area contributed by atoms with Crippen molar-refractivity contribution in [2.24, 2.45) is 0 Å². The van der Waals surface area contributed by atoms with E-state index in [-0.39, 0.29) is 5.91 Å². The van der Waals surface area contributed by atoms with Crippen molar-refractivity contribution < 1.29 is 14.3 Å². The molecule has 1 N–H and O–H groups in total. The normalized spacial score (nSPS) is 10.5. The van der Waals surface area contributed by atoms with E-state index in [0.717, 1.165) is 11.4 Å². The number of nitrogens with zero attached hydrogens (tertiary/aromatic N) is 2. The lowest BCUT2D eigenvalue weighted by Crippen LogP contribution is -2.14. The summed E-state index contributed by atoms with van der Waals surface area (Å²) in [6.45, 7) is 3.94. The van der Waals surface area contributed by atoms with Crippen molar-refractivity contribution in [1.29, 1.82) is 0 Å². The number of anilines is 1. The van der Waals surface area contributed by atoms with E-state index in [1.165, 1.54) is 5.56 Å². The molecule has 0 aliphatic rings. The van der Waals surface area contributed by atoms with Gasteiger partial charge >= 0.3 is 0 Å². The summed E-state index contributed by atoms with van der Waals surface area (Å²) in [5.74, 6) is 0.863. The van der Waals surface area contributed by atoms with Crippen LogP contribution in [0.15, 0.2) is 48.5 Å². The van der Waals surface area contributed by atoms with Gasteiger partial charge in [0.05, 0.1) is 25.6 Å². The Morgan fingerprint density at radius 3 is 2.38 bits per heavy atom. The summed E-state index contributed by atoms with van der Waals surface area (Å²) in [6.07, 6.45) is 0. The Labute approximate surface area is 152 Å². The van der Waals surface area contributed by atoms with Gasteiger partial charge in [0.15, 0.2) is 5.69 Å². The van der Waals surface area contributed by atoms with Crippen LogP contribution in [0.4, 0.5) is 5.69 Å². The molecular formula is C20H21N3O3. The highest BCUT2D eigenvalue weighted by atomic mass is 16.5. The Balaban J connectivity index is 1.87. The zero-order valence-corrected chi connectivity index (χ0v) is 15.2. The number of ether oxygens (including phenoxy) is 2. The van der Waals surface area contributed by atoms with Crippen molar-refractivity contribution >= 4 is 11.6 Å². The Bertz CT molecular complexity index is 930. The summed E-state index contributed by atoms with van der Waals surface area (Å²) in [5.41, 5.74) is 3.80. The molecule has 3 rings (SSSR count). The zero-order chi connectivity index (χ0) is 18.7. The summed E-state index contributed by atoms with van der Waals surface area (Å²) in [5, 5.41) is 7.27. The molecular weight excluding hydrogens is 330 g/mol. The van der Waals surface area contributed by atoms with Gasteiger partial charge in [-0.1, -0.05) is 17.7 Å². The molecule has 1 aromatic heterocycles. The fraction of sp³-hybridized carbons (Fsp3) is 0.200. The van der Waals surface area contributed by atoms with Crippen LogP contribution in [-0.2, 0) is 0 Å². The van der Waals surface area contributed by atoms with Gasteiger partial charge in [0, 0.05) is 11.8 Å². The van der Waals surface area contributed by atoms with Crippen molar-refractivity contribution in [2.45, 2.75) is 13.8 Å². The van der Waals surface area contributed by atoms with Crippen molar-refractivity contribution in [1.82, 2.24) is 9.78 Å². The maximum atomic E-state index is 12.6. The van der Waals surface area contributed by atoms with Crippen LogP contribution < -0.4 is 14.8 Å². The van der Waals surface area contributed by atoms with E-state index in [1.54, 1.807) is 43.2 Å². The largest absolute Gasteiger partial charge is 0.497 e. The second-order valence-electron chi connectivity index (χ2n) is 5.94. The van der Waals surface area contributed by atoms with Gasteiger partial charge in [-0.3, -0.25) is 4.79 Å². The Kier molecular flexibility index (Phi) is 4.93. The van der Waals surface area contributed by atoms with E-state index in [0.29, 0.717) is 22.9 Å². The third-order valence-corrected chi connectivity index (χ3v) is 4.05. The number of methoxy groups -OCH3 is 2. The monoisotopic (exact) mass is 351 g/mol. The van der Waals surface area contributed by atoms with Crippen molar-refractivity contribution in [3.8, 4) is 17.2 Å². The van der Waals surface area contributed by atoms with E-state index in [2.05, 4.69) is 10.4 Å². The lowest BCUT2D eigenvalue weighted by atomic mass is 10.2. The number of carbonyl (C=O) groups excluding carboxylic acids is 1. The van der Waals surface area contributed by atoms with E-state index in [9.17, 15) is 4.79 Å². The topological polar surface area (TPSA) is 65.4 Å². The molecule has 0 unspecified atom stereocenters. The SMILES string of the molecule is COc1ccc(OC)c(NC(=O)c2cc(C)n(-c3ccc(C)cc3)n2)c1. The van der Waals surface area contributed by atoms with E-state index >= 15 is 0 Å². The van der Waals surface area contributed by atoms with Crippen LogP contribution in [-0.4, -0.2) is 29.9 Å². The number of rotatable bonds is 5. The summed E-state index contributed by atoms with van der Waals surface area (Å²) in [6, 6.07) is 14.9. The first-order valence-electron chi connectivity index (χ1n) is 8.19. The van der Waals surface area contributed by atoms with Crippen LogP contribution in [0.25, 0.3) is 5.69 Å². The molecule has 26 heavy (non-hydrogen) atoms. The number of benzene rings is 2. The fourth-order valence-electron chi connectivity index (χ4n) is 2.63. The van der Waals surface area contributed by atoms with Crippen LogP contribution in [0, 0.1) is 13.8 Å². The minimum absolute atomic E-state index is 0.314. The highest BCUT2D eigenvalue weighted by Gasteiger charge is 2.16. The number of carbonyl (C=O) groups is 1. The molecule has 0 bridgehead atoms. The standard InChI is InChI=1S/C20H21N3O3/c1-13-5-7-15(8-6-13)23-14(2)11-18(22-23)20(24)21-17-12-16(25-3)9-10-19(17)26-4/h5-12H,1-4H3,(H,21,24). The second kappa shape index (κ2) is 7.31. The van der Waals surface area contributed by atoms with Crippen molar-refractivity contribution in [3.05, 3.63) is 65.5 Å². The van der Waals surface area contributed by atoms with Crippen LogP contribution in [0.3, 0.4) is 0 Å². The molecule has 6 heteroatoms. The number of hydrogen-bond acceptors (Lipinski definition) is 4. The van der Waals surface area contributed by atoms with Crippen LogP contribution in [0.1, 0.15) is 21.7 Å². The van der Waals surface area contributed by atoms with Crippen LogP contribution >= 0.6 is 0 Å². The Morgan fingerprint density at radius 2 is 1.73 bits per heavy atom. The first-order chi connectivity index (χ1) is 12.5. The molecule has 0 saturated heterocycles. The summed E-state index contributed by atoms with van der Waals surface area (Å²) in [4.78, 5) is 12.6. The molecule has 0 aliphatic heterocycles. The maximum Gasteiger partial charge on any atom is 0.276 e. The predicted octanol–water partition coefficient (Wildman–Crippen LogP) is 3.76.